The zero-order chi connectivity index (χ0) is 11.1. The first-order valence-electron chi connectivity index (χ1n) is 5.27. The molecule has 1 atom stereocenters. The summed E-state index contributed by atoms with van der Waals surface area (Å²) in [6.07, 6.45) is 2.07. The van der Waals surface area contributed by atoms with Gasteiger partial charge in [-0.1, -0.05) is 30.3 Å². The van der Waals surface area contributed by atoms with Gasteiger partial charge in [0.25, 0.3) is 0 Å². The third-order valence-electron chi connectivity index (χ3n) is 2.56. The van der Waals surface area contributed by atoms with Crippen LogP contribution in [0.25, 0.3) is 0 Å². The molecule has 0 aromatic heterocycles. The molecule has 3 heteroatoms. The molecule has 0 saturated carbocycles. The fraction of sp³-hybridized carbons (Fsp3) is 0.417. The molecule has 1 rings (SSSR count). The Kier molecular flexibility index (Phi) is 4.84. The van der Waals surface area contributed by atoms with Crippen LogP contribution in [0.1, 0.15) is 18.4 Å². The zero-order valence-corrected chi connectivity index (χ0v) is 8.86. The van der Waals surface area contributed by atoms with Crippen molar-refractivity contribution in [1.29, 1.82) is 0 Å². The molecule has 0 aliphatic heterocycles. The van der Waals surface area contributed by atoms with E-state index in [4.69, 9.17) is 5.11 Å². The average molecular weight is 208 g/mol. The maximum Gasteiger partial charge on any atom is 0.303 e. The van der Waals surface area contributed by atoms with Crippen LogP contribution in [0.5, 0.6) is 0 Å². The Hall–Kier alpha value is -1.35. The third-order valence-corrected chi connectivity index (χ3v) is 2.56. The van der Waals surface area contributed by atoms with E-state index >= 15 is 0 Å². The summed E-state index contributed by atoms with van der Waals surface area (Å²) in [4.78, 5) is 10.6. The minimum atomic E-state index is -0.725. The number of hydrogen-bond acceptors (Lipinski definition) is 1. The van der Waals surface area contributed by atoms with Crippen LogP contribution in [-0.4, -0.2) is 17.6 Å². The van der Waals surface area contributed by atoms with E-state index in [-0.39, 0.29) is 12.3 Å². The maximum absolute atomic E-state index is 10.6. The maximum atomic E-state index is 10.6. The molecule has 0 fully saturated rings. The fourth-order valence-corrected chi connectivity index (χ4v) is 1.61. The molecule has 0 heterocycles. The second kappa shape index (κ2) is 6.19. The number of carbonyl (C=O) groups is 1. The largest absolute Gasteiger partial charge is 0.481 e. The van der Waals surface area contributed by atoms with Gasteiger partial charge in [0, 0.05) is 5.92 Å². The van der Waals surface area contributed by atoms with E-state index in [1.165, 1.54) is 5.56 Å². The Bertz CT molecular complexity index is 298. The van der Waals surface area contributed by atoms with Gasteiger partial charge in [-0.05, 0) is 18.4 Å². The molecule has 82 valence electrons. The molecule has 0 spiro atoms. The van der Waals surface area contributed by atoms with Crippen LogP contribution in [0.15, 0.2) is 30.3 Å². The van der Waals surface area contributed by atoms with Gasteiger partial charge in [0.1, 0.15) is 0 Å². The van der Waals surface area contributed by atoms with E-state index in [0.717, 1.165) is 12.8 Å². The normalized spacial score (nSPS) is 12.3. The molecular weight excluding hydrogens is 190 g/mol. The highest BCUT2D eigenvalue weighted by Crippen LogP contribution is 2.11. The van der Waals surface area contributed by atoms with Crippen LogP contribution in [-0.2, 0) is 11.2 Å². The highest BCUT2D eigenvalue weighted by Gasteiger charge is 2.12. The number of aryl methyl sites for hydroxylation is 1. The topological polar surface area (TPSA) is 64.9 Å². The van der Waals surface area contributed by atoms with Crippen molar-refractivity contribution < 1.29 is 15.6 Å². The summed E-state index contributed by atoms with van der Waals surface area (Å²) >= 11 is 0. The second-order valence-electron chi connectivity index (χ2n) is 3.78. The van der Waals surface area contributed by atoms with Crippen LogP contribution in [0.4, 0.5) is 0 Å². The van der Waals surface area contributed by atoms with Crippen molar-refractivity contribution in [2.24, 2.45) is 5.92 Å². The molecule has 0 bridgehead atoms. The number of rotatable bonds is 6. The standard InChI is InChI=1S/C12H17NO2/c13-9-11(8-12(14)15)7-6-10-4-2-1-3-5-10/h1-5,11H,6-9,13H2,(H,14,15)/p+1. The number of carboxylic acid groups (broad SMARTS) is 1. The molecule has 1 unspecified atom stereocenters. The molecule has 0 amide bonds. The summed E-state index contributed by atoms with van der Waals surface area (Å²) in [6.45, 7) is 0.694. The van der Waals surface area contributed by atoms with Gasteiger partial charge in [-0.3, -0.25) is 4.79 Å². The monoisotopic (exact) mass is 208 g/mol. The molecule has 0 radical (unpaired) electrons. The summed E-state index contributed by atoms with van der Waals surface area (Å²) in [5.74, 6) is -0.528. The first-order chi connectivity index (χ1) is 7.22. The lowest BCUT2D eigenvalue weighted by Gasteiger charge is -2.09. The lowest BCUT2D eigenvalue weighted by molar-refractivity contribution is -0.379. The molecule has 0 aliphatic carbocycles. The predicted molar refractivity (Wildman–Crippen MR) is 58.3 cm³/mol. The quantitative estimate of drug-likeness (QED) is 0.731. The summed E-state index contributed by atoms with van der Waals surface area (Å²) in [5, 5.41) is 8.68. The zero-order valence-electron chi connectivity index (χ0n) is 8.86. The van der Waals surface area contributed by atoms with Crippen LogP contribution in [0.3, 0.4) is 0 Å². The average Bonchev–Trinajstić information content (AvgIpc) is 2.25. The molecule has 0 saturated heterocycles. The lowest BCUT2D eigenvalue weighted by atomic mass is 9.97. The fourth-order valence-electron chi connectivity index (χ4n) is 1.61. The van der Waals surface area contributed by atoms with E-state index < -0.39 is 5.97 Å². The summed E-state index contributed by atoms with van der Waals surface area (Å²) in [5.41, 5.74) is 5.05. The number of hydrogen-bond donors (Lipinski definition) is 2. The Balaban J connectivity index is 2.37. The van der Waals surface area contributed by atoms with Crippen LogP contribution >= 0.6 is 0 Å². The number of aliphatic carboxylic acids is 1. The van der Waals surface area contributed by atoms with Crippen LogP contribution in [0.2, 0.25) is 0 Å². The summed E-state index contributed by atoms with van der Waals surface area (Å²) in [7, 11) is 0. The Morgan fingerprint density at radius 1 is 1.33 bits per heavy atom. The van der Waals surface area contributed by atoms with Gasteiger partial charge in [0.05, 0.1) is 13.0 Å². The Morgan fingerprint density at radius 2 is 2.00 bits per heavy atom. The van der Waals surface area contributed by atoms with Crippen molar-refractivity contribution >= 4 is 5.97 Å². The molecule has 3 nitrogen and oxygen atoms in total. The van der Waals surface area contributed by atoms with Gasteiger partial charge >= 0.3 is 5.97 Å². The van der Waals surface area contributed by atoms with E-state index in [1.54, 1.807) is 0 Å². The number of benzene rings is 1. The highest BCUT2D eigenvalue weighted by atomic mass is 16.4. The van der Waals surface area contributed by atoms with Gasteiger partial charge < -0.3 is 10.8 Å². The SMILES string of the molecule is [NH3+]CC(CCc1ccccc1)CC(=O)O. The first-order valence-corrected chi connectivity index (χ1v) is 5.27. The molecule has 4 N–H and O–H groups in total. The minimum Gasteiger partial charge on any atom is -0.481 e. The third kappa shape index (κ3) is 4.61. The van der Waals surface area contributed by atoms with Gasteiger partial charge in [-0.25, -0.2) is 0 Å². The van der Waals surface area contributed by atoms with Gasteiger partial charge in [0.15, 0.2) is 0 Å². The van der Waals surface area contributed by atoms with Gasteiger partial charge in [-0.15, -0.1) is 0 Å². The molecular formula is C12H18NO2+. The van der Waals surface area contributed by atoms with Gasteiger partial charge in [-0.2, -0.15) is 0 Å². The van der Waals surface area contributed by atoms with E-state index in [9.17, 15) is 4.79 Å². The van der Waals surface area contributed by atoms with Gasteiger partial charge in [0.2, 0.25) is 0 Å². The minimum absolute atomic E-state index is 0.197. The molecule has 1 aromatic rings. The smallest absolute Gasteiger partial charge is 0.303 e. The van der Waals surface area contributed by atoms with Crippen LogP contribution < -0.4 is 5.73 Å². The van der Waals surface area contributed by atoms with Crippen molar-refractivity contribution in [2.75, 3.05) is 6.54 Å². The van der Waals surface area contributed by atoms with Crippen molar-refractivity contribution in [3.8, 4) is 0 Å². The number of carboxylic acids is 1. The van der Waals surface area contributed by atoms with Crippen molar-refractivity contribution in [2.45, 2.75) is 19.3 Å². The summed E-state index contributed by atoms with van der Waals surface area (Å²) in [6, 6.07) is 10.1. The summed E-state index contributed by atoms with van der Waals surface area (Å²) < 4.78 is 0. The first kappa shape index (κ1) is 11.7. The molecule has 0 aliphatic rings. The van der Waals surface area contributed by atoms with Crippen molar-refractivity contribution in [3.05, 3.63) is 35.9 Å². The number of quaternary nitrogens is 1. The second-order valence-corrected chi connectivity index (χ2v) is 3.78. The van der Waals surface area contributed by atoms with E-state index in [0.29, 0.717) is 6.54 Å². The molecule has 15 heavy (non-hydrogen) atoms. The lowest BCUT2D eigenvalue weighted by Crippen LogP contribution is -2.54. The van der Waals surface area contributed by atoms with E-state index in [2.05, 4.69) is 17.9 Å². The van der Waals surface area contributed by atoms with Crippen molar-refractivity contribution in [1.82, 2.24) is 0 Å². The predicted octanol–water partition coefficient (Wildman–Crippen LogP) is 0.952. The van der Waals surface area contributed by atoms with Crippen LogP contribution in [0, 0.1) is 5.92 Å². The highest BCUT2D eigenvalue weighted by molar-refractivity contribution is 5.67. The van der Waals surface area contributed by atoms with E-state index in [1.807, 2.05) is 18.2 Å². The van der Waals surface area contributed by atoms with Crippen molar-refractivity contribution in [3.63, 3.8) is 0 Å². The Morgan fingerprint density at radius 3 is 2.53 bits per heavy atom. The Labute approximate surface area is 89.9 Å². The molecule has 1 aromatic carbocycles.